The number of hydrogen-bond donors (Lipinski definition) is 1. The van der Waals surface area contributed by atoms with Gasteiger partial charge in [0.05, 0.1) is 6.10 Å². The lowest BCUT2D eigenvalue weighted by Gasteiger charge is -2.19. The van der Waals surface area contributed by atoms with Gasteiger partial charge in [-0.15, -0.1) is 0 Å². The van der Waals surface area contributed by atoms with E-state index >= 15 is 0 Å². The molecule has 18 heavy (non-hydrogen) atoms. The lowest BCUT2D eigenvalue weighted by Crippen LogP contribution is -2.24. The maximum absolute atomic E-state index is 10.1. The molecular weight excluding hydrogens is 290 g/mol. The molecule has 3 heteroatoms. The van der Waals surface area contributed by atoms with Gasteiger partial charge < -0.3 is 10.0 Å². The second-order valence-corrected chi connectivity index (χ2v) is 6.51. The molecule has 0 aromatic heterocycles. The molecule has 1 fully saturated rings. The summed E-state index contributed by atoms with van der Waals surface area (Å²) in [6.07, 6.45) is 1.81. The van der Waals surface area contributed by atoms with Gasteiger partial charge in [-0.1, -0.05) is 35.0 Å². The van der Waals surface area contributed by atoms with Crippen molar-refractivity contribution in [3.63, 3.8) is 0 Å². The molecule has 0 spiro atoms. The molecule has 1 saturated carbocycles. The number of aliphatic hydroxyl groups is 1. The largest absolute Gasteiger partial charge is 0.388 e. The fourth-order valence-corrected chi connectivity index (χ4v) is 2.79. The number of benzene rings is 1. The van der Waals surface area contributed by atoms with Gasteiger partial charge in [0.2, 0.25) is 0 Å². The minimum Gasteiger partial charge on any atom is -0.388 e. The van der Waals surface area contributed by atoms with Crippen molar-refractivity contribution in [2.24, 2.45) is 11.8 Å². The molecule has 1 aromatic carbocycles. The first-order valence-electron chi connectivity index (χ1n) is 6.68. The van der Waals surface area contributed by atoms with E-state index in [2.05, 4.69) is 34.8 Å². The van der Waals surface area contributed by atoms with E-state index in [0.29, 0.717) is 0 Å². The Bertz CT molecular complexity index is 396. The van der Waals surface area contributed by atoms with Crippen molar-refractivity contribution in [1.82, 2.24) is 4.90 Å². The predicted molar refractivity (Wildman–Crippen MR) is 78.5 cm³/mol. The summed E-state index contributed by atoms with van der Waals surface area (Å²) in [6, 6.07) is 7.93. The first-order valence-corrected chi connectivity index (χ1v) is 7.47. The van der Waals surface area contributed by atoms with Gasteiger partial charge in [-0.3, -0.25) is 0 Å². The fourth-order valence-electron chi connectivity index (χ4n) is 2.37. The van der Waals surface area contributed by atoms with Crippen molar-refractivity contribution >= 4 is 15.9 Å². The molecule has 1 aliphatic rings. The summed E-state index contributed by atoms with van der Waals surface area (Å²) in [5, 5.41) is 10.1. The lowest BCUT2D eigenvalue weighted by atomic mass is 10.1. The molecule has 2 rings (SSSR count). The van der Waals surface area contributed by atoms with Gasteiger partial charge in [-0.05, 0) is 49.4 Å². The SMILES string of the molecule is CC1CC1CN(C)CCC(O)c1cccc(Br)c1. The van der Waals surface area contributed by atoms with Crippen LogP contribution in [-0.2, 0) is 0 Å². The highest BCUT2D eigenvalue weighted by molar-refractivity contribution is 9.10. The molecule has 1 aromatic rings. The van der Waals surface area contributed by atoms with Gasteiger partial charge in [0, 0.05) is 17.6 Å². The molecule has 1 aliphatic carbocycles. The molecule has 0 saturated heterocycles. The summed E-state index contributed by atoms with van der Waals surface area (Å²) in [7, 11) is 2.15. The van der Waals surface area contributed by atoms with E-state index in [0.717, 1.165) is 34.8 Å². The first kappa shape index (κ1) is 14.0. The summed E-state index contributed by atoms with van der Waals surface area (Å²) in [5.74, 6) is 1.79. The number of hydrogen-bond acceptors (Lipinski definition) is 2. The van der Waals surface area contributed by atoms with E-state index in [9.17, 15) is 5.11 Å². The maximum atomic E-state index is 10.1. The van der Waals surface area contributed by atoms with Crippen LogP contribution in [0, 0.1) is 11.8 Å². The molecule has 0 aliphatic heterocycles. The third kappa shape index (κ3) is 4.08. The van der Waals surface area contributed by atoms with Crippen molar-refractivity contribution in [1.29, 1.82) is 0 Å². The zero-order valence-corrected chi connectivity index (χ0v) is 12.7. The van der Waals surface area contributed by atoms with Crippen LogP contribution in [0.5, 0.6) is 0 Å². The molecule has 0 amide bonds. The zero-order valence-electron chi connectivity index (χ0n) is 11.1. The highest BCUT2D eigenvalue weighted by atomic mass is 79.9. The molecular formula is C15H22BrNO. The zero-order chi connectivity index (χ0) is 13.1. The third-order valence-electron chi connectivity index (χ3n) is 3.84. The Morgan fingerprint density at radius 2 is 2.22 bits per heavy atom. The molecule has 100 valence electrons. The Morgan fingerprint density at radius 3 is 2.83 bits per heavy atom. The van der Waals surface area contributed by atoms with E-state index in [1.165, 1.54) is 13.0 Å². The Morgan fingerprint density at radius 1 is 1.50 bits per heavy atom. The van der Waals surface area contributed by atoms with Crippen LogP contribution in [0.15, 0.2) is 28.7 Å². The van der Waals surface area contributed by atoms with E-state index in [4.69, 9.17) is 0 Å². The minimum absolute atomic E-state index is 0.360. The van der Waals surface area contributed by atoms with Crippen LogP contribution >= 0.6 is 15.9 Å². The van der Waals surface area contributed by atoms with Crippen molar-refractivity contribution < 1.29 is 5.11 Å². The van der Waals surface area contributed by atoms with Crippen LogP contribution in [0.3, 0.4) is 0 Å². The maximum Gasteiger partial charge on any atom is 0.0802 e. The predicted octanol–water partition coefficient (Wildman–Crippen LogP) is 3.46. The summed E-state index contributed by atoms with van der Waals surface area (Å²) in [5.41, 5.74) is 0.998. The molecule has 0 bridgehead atoms. The van der Waals surface area contributed by atoms with Crippen LogP contribution in [-0.4, -0.2) is 30.1 Å². The van der Waals surface area contributed by atoms with Crippen molar-refractivity contribution in [3.8, 4) is 0 Å². The van der Waals surface area contributed by atoms with Gasteiger partial charge in [0.15, 0.2) is 0 Å². The molecule has 2 nitrogen and oxygen atoms in total. The van der Waals surface area contributed by atoms with Gasteiger partial charge in [-0.25, -0.2) is 0 Å². The molecule has 1 N–H and O–H groups in total. The van der Waals surface area contributed by atoms with Crippen molar-refractivity contribution in [2.45, 2.75) is 25.9 Å². The average molecular weight is 312 g/mol. The number of rotatable bonds is 6. The van der Waals surface area contributed by atoms with Crippen LogP contribution in [0.4, 0.5) is 0 Å². The van der Waals surface area contributed by atoms with E-state index in [1.807, 2.05) is 24.3 Å². The monoisotopic (exact) mass is 311 g/mol. The second kappa shape index (κ2) is 6.18. The van der Waals surface area contributed by atoms with Gasteiger partial charge in [-0.2, -0.15) is 0 Å². The van der Waals surface area contributed by atoms with Gasteiger partial charge in [0.25, 0.3) is 0 Å². The topological polar surface area (TPSA) is 23.5 Å². The third-order valence-corrected chi connectivity index (χ3v) is 4.33. The van der Waals surface area contributed by atoms with Crippen LogP contribution in [0.1, 0.15) is 31.4 Å². The minimum atomic E-state index is -0.360. The van der Waals surface area contributed by atoms with Crippen LogP contribution in [0.2, 0.25) is 0 Å². The summed E-state index contributed by atoms with van der Waals surface area (Å²) < 4.78 is 1.03. The molecule has 3 atom stereocenters. The highest BCUT2D eigenvalue weighted by Gasteiger charge is 2.32. The number of halogens is 1. The van der Waals surface area contributed by atoms with Crippen molar-refractivity contribution in [2.75, 3.05) is 20.1 Å². The summed E-state index contributed by atoms with van der Waals surface area (Å²) in [4.78, 5) is 2.34. The number of aliphatic hydroxyl groups excluding tert-OH is 1. The van der Waals surface area contributed by atoms with Crippen LogP contribution < -0.4 is 0 Å². The fraction of sp³-hybridized carbons (Fsp3) is 0.600. The molecule has 0 radical (unpaired) electrons. The van der Waals surface area contributed by atoms with Gasteiger partial charge in [0.1, 0.15) is 0 Å². The lowest BCUT2D eigenvalue weighted by molar-refractivity contribution is 0.147. The molecule has 3 unspecified atom stereocenters. The van der Waals surface area contributed by atoms with E-state index in [-0.39, 0.29) is 6.10 Å². The van der Waals surface area contributed by atoms with Gasteiger partial charge >= 0.3 is 0 Å². The number of nitrogens with zero attached hydrogens (tertiary/aromatic N) is 1. The highest BCUT2D eigenvalue weighted by Crippen LogP contribution is 2.38. The molecule has 0 heterocycles. The Hall–Kier alpha value is -0.380. The quantitative estimate of drug-likeness (QED) is 0.869. The van der Waals surface area contributed by atoms with Crippen LogP contribution in [0.25, 0.3) is 0 Å². The van der Waals surface area contributed by atoms with E-state index < -0.39 is 0 Å². The van der Waals surface area contributed by atoms with Crippen molar-refractivity contribution in [3.05, 3.63) is 34.3 Å². The second-order valence-electron chi connectivity index (χ2n) is 5.59. The standard InChI is InChI=1S/C15H22BrNO/c1-11-8-13(11)10-17(2)7-6-15(18)12-4-3-5-14(16)9-12/h3-5,9,11,13,15,18H,6-8,10H2,1-2H3. The smallest absolute Gasteiger partial charge is 0.0802 e. The Balaban J connectivity index is 1.75. The normalized spacial score (nSPS) is 24.3. The summed E-state index contributed by atoms with van der Waals surface area (Å²) in [6.45, 7) is 4.44. The Labute approximate surface area is 118 Å². The summed E-state index contributed by atoms with van der Waals surface area (Å²) >= 11 is 3.44. The Kier molecular flexibility index (Phi) is 4.82. The average Bonchev–Trinajstić information content (AvgIpc) is 3.01. The first-order chi connectivity index (χ1) is 8.56. The van der Waals surface area contributed by atoms with E-state index in [1.54, 1.807) is 0 Å².